The number of imide groups is 1. The van der Waals surface area contributed by atoms with Crippen molar-refractivity contribution in [3.8, 4) is 0 Å². The van der Waals surface area contributed by atoms with Crippen molar-refractivity contribution in [2.75, 3.05) is 5.32 Å². The summed E-state index contributed by atoms with van der Waals surface area (Å²) in [4.78, 5) is 38.5. The average Bonchev–Trinajstić information content (AvgIpc) is 2.55. The number of amides is 2. The van der Waals surface area contributed by atoms with Crippen molar-refractivity contribution < 1.29 is 19.5 Å². The number of carboxylic acid groups (broad SMARTS) is 1. The molecule has 2 amide bonds. The Bertz CT molecular complexity index is 653. The first-order valence-corrected chi connectivity index (χ1v) is 8.32. The van der Waals surface area contributed by atoms with Crippen LogP contribution in [0.4, 0.5) is 5.82 Å². The van der Waals surface area contributed by atoms with Gasteiger partial charge in [0.25, 0.3) is 0 Å². The highest BCUT2D eigenvalue weighted by Crippen LogP contribution is 2.29. The topological polar surface area (TPSA) is 108 Å². The second-order valence-electron chi connectivity index (χ2n) is 6.51. The second-order valence-corrected chi connectivity index (χ2v) is 6.51. The monoisotopic (exact) mass is 331 g/mol. The minimum absolute atomic E-state index is 0.199. The molecule has 1 saturated carbocycles. The van der Waals surface area contributed by atoms with E-state index >= 15 is 0 Å². The highest BCUT2D eigenvalue weighted by molar-refractivity contribution is 6.00. The molecule has 1 unspecified atom stereocenters. The lowest BCUT2D eigenvalue weighted by molar-refractivity contribution is -0.143. The lowest BCUT2D eigenvalue weighted by Crippen LogP contribution is -2.39. The molecule has 3 N–H and O–H groups in total. The van der Waals surface area contributed by atoms with Gasteiger partial charge in [-0.25, -0.2) is 4.98 Å². The summed E-state index contributed by atoms with van der Waals surface area (Å²) in [6, 6.07) is 3.85. The number of carboxylic acids is 1. The van der Waals surface area contributed by atoms with Crippen molar-refractivity contribution in [1.29, 1.82) is 0 Å². The summed E-state index contributed by atoms with van der Waals surface area (Å²) in [6.45, 7) is 0. The maximum atomic E-state index is 12.0. The van der Waals surface area contributed by atoms with E-state index in [1.54, 1.807) is 12.3 Å². The Morgan fingerprint density at radius 1 is 1.21 bits per heavy atom. The summed E-state index contributed by atoms with van der Waals surface area (Å²) >= 11 is 0. The van der Waals surface area contributed by atoms with E-state index in [-0.39, 0.29) is 29.7 Å². The second kappa shape index (κ2) is 6.98. The number of hydrogen-bond donors (Lipinski definition) is 3. The molecule has 7 heteroatoms. The minimum atomic E-state index is -0.716. The van der Waals surface area contributed by atoms with Crippen molar-refractivity contribution in [2.45, 2.75) is 50.5 Å². The van der Waals surface area contributed by atoms with Crippen molar-refractivity contribution in [1.82, 2.24) is 10.3 Å². The molecule has 1 atom stereocenters. The molecule has 1 aromatic rings. The molecule has 24 heavy (non-hydrogen) atoms. The van der Waals surface area contributed by atoms with Crippen LogP contribution in [0.15, 0.2) is 18.3 Å². The van der Waals surface area contributed by atoms with Gasteiger partial charge in [-0.2, -0.15) is 0 Å². The largest absolute Gasteiger partial charge is 0.481 e. The van der Waals surface area contributed by atoms with Gasteiger partial charge in [-0.1, -0.05) is 0 Å². The molecule has 0 aromatic carbocycles. The molecular formula is C17H21N3O4. The highest BCUT2D eigenvalue weighted by atomic mass is 16.4. The maximum absolute atomic E-state index is 12.0. The number of aliphatic carboxylic acids is 1. The Balaban J connectivity index is 1.63. The predicted molar refractivity (Wildman–Crippen MR) is 86.4 cm³/mol. The Hall–Kier alpha value is -2.44. The van der Waals surface area contributed by atoms with Gasteiger partial charge in [0.1, 0.15) is 5.82 Å². The molecule has 1 saturated heterocycles. The van der Waals surface area contributed by atoms with Gasteiger partial charge in [0, 0.05) is 18.7 Å². The first-order chi connectivity index (χ1) is 11.5. The van der Waals surface area contributed by atoms with Crippen LogP contribution in [0.3, 0.4) is 0 Å². The third kappa shape index (κ3) is 3.72. The van der Waals surface area contributed by atoms with Crippen LogP contribution in [0.5, 0.6) is 0 Å². The molecular weight excluding hydrogens is 310 g/mol. The van der Waals surface area contributed by atoms with Crippen LogP contribution >= 0.6 is 0 Å². The molecule has 2 heterocycles. The summed E-state index contributed by atoms with van der Waals surface area (Å²) < 4.78 is 0. The predicted octanol–water partition coefficient (Wildman–Crippen LogP) is 1.66. The molecule has 1 aliphatic heterocycles. The summed E-state index contributed by atoms with van der Waals surface area (Å²) in [5.74, 6) is -1.08. The zero-order valence-electron chi connectivity index (χ0n) is 13.3. The highest BCUT2D eigenvalue weighted by Gasteiger charge is 2.29. The van der Waals surface area contributed by atoms with E-state index in [0.29, 0.717) is 31.5 Å². The van der Waals surface area contributed by atoms with Crippen LogP contribution in [0.1, 0.15) is 50.0 Å². The number of pyridine rings is 1. The van der Waals surface area contributed by atoms with Gasteiger partial charge in [-0.05, 0) is 49.8 Å². The van der Waals surface area contributed by atoms with E-state index in [2.05, 4.69) is 15.6 Å². The molecule has 2 fully saturated rings. The van der Waals surface area contributed by atoms with Crippen molar-refractivity contribution in [2.24, 2.45) is 5.92 Å². The first kappa shape index (κ1) is 16.4. The van der Waals surface area contributed by atoms with E-state index < -0.39 is 5.97 Å². The van der Waals surface area contributed by atoms with Gasteiger partial charge in [-0.3, -0.25) is 19.7 Å². The van der Waals surface area contributed by atoms with E-state index in [1.165, 1.54) is 0 Å². The third-order valence-electron chi connectivity index (χ3n) is 4.85. The van der Waals surface area contributed by atoms with E-state index in [0.717, 1.165) is 18.4 Å². The zero-order valence-corrected chi connectivity index (χ0v) is 13.3. The molecule has 1 aliphatic carbocycles. The number of nitrogens with one attached hydrogen (secondary N) is 2. The van der Waals surface area contributed by atoms with Gasteiger partial charge in [0.2, 0.25) is 11.8 Å². The summed E-state index contributed by atoms with van der Waals surface area (Å²) in [7, 11) is 0. The fourth-order valence-corrected chi connectivity index (χ4v) is 3.45. The summed E-state index contributed by atoms with van der Waals surface area (Å²) in [5, 5.41) is 14.8. The van der Waals surface area contributed by atoms with E-state index in [1.807, 2.05) is 6.07 Å². The normalized spacial score (nSPS) is 27.4. The summed E-state index contributed by atoms with van der Waals surface area (Å²) in [5.41, 5.74) is 0.844. The van der Waals surface area contributed by atoms with Crippen LogP contribution in [0, 0.1) is 5.92 Å². The molecule has 0 radical (unpaired) electrons. The zero-order chi connectivity index (χ0) is 17.1. The lowest BCUT2D eigenvalue weighted by atomic mass is 9.86. The number of aromatic nitrogens is 1. The smallest absolute Gasteiger partial charge is 0.306 e. The number of rotatable bonds is 4. The van der Waals surface area contributed by atoms with Gasteiger partial charge >= 0.3 is 5.97 Å². The fraction of sp³-hybridized carbons (Fsp3) is 0.529. The Kier molecular flexibility index (Phi) is 4.78. The maximum Gasteiger partial charge on any atom is 0.306 e. The van der Waals surface area contributed by atoms with Gasteiger partial charge < -0.3 is 10.4 Å². The van der Waals surface area contributed by atoms with Crippen molar-refractivity contribution in [3.05, 3.63) is 23.9 Å². The van der Waals surface area contributed by atoms with E-state index in [9.17, 15) is 14.4 Å². The molecule has 0 bridgehead atoms. The molecule has 1 aromatic heterocycles. The van der Waals surface area contributed by atoms with Gasteiger partial charge in [0.15, 0.2) is 0 Å². The molecule has 0 spiro atoms. The first-order valence-electron chi connectivity index (χ1n) is 8.32. The minimum Gasteiger partial charge on any atom is -0.481 e. The number of nitrogens with zero attached hydrogens (tertiary/aromatic N) is 1. The standard InChI is InChI=1S/C17H21N3O4/c21-15-6-5-13(16(22)20-15)11-7-8-18-14(9-11)19-12-3-1-10(2-4-12)17(23)24/h7-10,12-13H,1-6H2,(H,18,19)(H,23,24)(H,20,21,22)/t10-,12-,13?. The van der Waals surface area contributed by atoms with Gasteiger partial charge in [-0.15, -0.1) is 0 Å². The Morgan fingerprint density at radius 2 is 1.96 bits per heavy atom. The Morgan fingerprint density at radius 3 is 2.62 bits per heavy atom. The number of carbonyl (C=O) groups is 3. The van der Waals surface area contributed by atoms with E-state index in [4.69, 9.17) is 5.11 Å². The van der Waals surface area contributed by atoms with Crippen LogP contribution in [0.2, 0.25) is 0 Å². The van der Waals surface area contributed by atoms with Crippen molar-refractivity contribution >= 4 is 23.6 Å². The molecule has 7 nitrogen and oxygen atoms in total. The fourth-order valence-electron chi connectivity index (χ4n) is 3.45. The van der Waals surface area contributed by atoms with Crippen LogP contribution in [0.25, 0.3) is 0 Å². The molecule has 128 valence electrons. The summed E-state index contributed by atoms with van der Waals surface area (Å²) in [6.07, 6.45) is 5.44. The van der Waals surface area contributed by atoms with Crippen LogP contribution < -0.4 is 10.6 Å². The quantitative estimate of drug-likeness (QED) is 0.724. The molecule has 3 rings (SSSR count). The third-order valence-corrected chi connectivity index (χ3v) is 4.85. The number of hydrogen-bond acceptors (Lipinski definition) is 5. The SMILES string of the molecule is O=C1CCC(c2ccnc(N[C@H]3CC[C@H](C(=O)O)CC3)c2)C(=O)N1. The average molecular weight is 331 g/mol. The lowest BCUT2D eigenvalue weighted by Gasteiger charge is -2.27. The Labute approximate surface area is 139 Å². The number of carbonyl (C=O) groups excluding carboxylic acids is 2. The van der Waals surface area contributed by atoms with Crippen LogP contribution in [-0.2, 0) is 14.4 Å². The number of anilines is 1. The van der Waals surface area contributed by atoms with Crippen LogP contribution in [-0.4, -0.2) is 33.9 Å². The molecule has 2 aliphatic rings. The van der Waals surface area contributed by atoms with Crippen molar-refractivity contribution in [3.63, 3.8) is 0 Å². The number of piperidine rings is 1. The van der Waals surface area contributed by atoms with Gasteiger partial charge in [0.05, 0.1) is 11.8 Å².